The van der Waals surface area contributed by atoms with Gasteiger partial charge in [-0.25, -0.2) is 0 Å². The third kappa shape index (κ3) is 4.48. The van der Waals surface area contributed by atoms with E-state index in [1.807, 2.05) is 0 Å². The van der Waals surface area contributed by atoms with E-state index in [1.165, 1.54) is 19.2 Å². The van der Waals surface area contributed by atoms with Gasteiger partial charge in [0.2, 0.25) is 5.90 Å². The lowest BCUT2D eigenvalue weighted by Crippen LogP contribution is -2.13. The number of alkyl halides is 3. The smallest absolute Gasteiger partial charge is 0.420 e. The maximum atomic E-state index is 12.8. The Morgan fingerprint density at radius 1 is 1.42 bits per heavy atom. The van der Waals surface area contributed by atoms with Crippen LogP contribution in [-0.2, 0) is 6.18 Å². The minimum absolute atomic E-state index is 0.0205. The van der Waals surface area contributed by atoms with Crippen molar-refractivity contribution in [3.05, 3.63) is 40.6 Å². The molecule has 0 unspecified atom stereocenters. The Morgan fingerprint density at radius 2 is 2.05 bits per heavy atom. The lowest BCUT2D eigenvalue weighted by atomic mass is 10.2. The number of allylic oxidation sites excluding steroid dienone is 1. The van der Waals surface area contributed by atoms with E-state index in [1.54, 1.807) is 6.92 Å². The highest BCUT2D eigenvalue weighted by Crippen LogP contribution is 2.37. The van der Waals surface area contributed by atoms with Crippen LogP contribution < -0.4 is 10.5 Å². The molecule has 0 saturated carbocycles. The van der Waals surface area contributed by atoms with E-state index in [0.717, 1.165) is 12.1 Å². The van der Waals surface area contributed by atoms with E-state index >= 15 is 0 Å². The van der Waals surface area contributed by atoms with Crippen LogP contribution in [0.15, 0.2) is 35.0 Å². The van der Waals surface area contributed by atoms with Gasteiger partial charge in [-0.1, -0.05) is 11.6 Å². The monoisotopic (exact) mass is 292 g/mol. The third-order valence-corrected chi connectivity index (χ3v) is 2.27. The number of nitrogens with zero attached hydrogens (tertiary/aromatic N) is 1. The number of aliphatic imine (C=N–C) groups is 1. The molecule has 7 heteroatoms. The number of rotatable bonds is 2. The highest BCUT2D eigenvalue weighted by atomic mass is 35.5. The summed E-state index contributed by atoms with van der Waals surface area (Å²) in [7, 11) is 1.39. The number of nitrogens with two attached hydrogens (primary N) is 1. The van der Waals surface area contributed by atoms with E-state index in [2.05, 4.69) is 4.99 Å². The van der Waals surface area contributed by atoms with Crippen LogP contribution in [0.3, 0.4) is 0 Å². The second kappa shape index (κ2) is 5.97. The lowest BCUT2D eigenvalue weighted by Gasteiger charge is -2.13. The fourth-order valence-corrected chi connectivity index (χ4v) is 1.43. The van der Waals surface area contributed by atoms with Gasteiger partial charge in [-0.05, 0) is 25.1 Å². The molecule has 0 bridgehead atoms. The normalized spacial score (nSPS) is 13.6. The quantitative estimate of drug-likeness (QED) is 0.668. The van der Waals surface area contributed by atoms with Crippen LogP contribution in [-0.4, -0.2) is 12.9 Å². The van der Waals surface area contributed by atoms with Gasteiger partial charge in [0.25, 0.3) is 0 Å². The van der Waals surface area contributed by atoms with Gasteiger partial charge in [0, 0.05) is 23.8 Å². The molecule has 0 heterocycles. The molecule has 0 aliphatic heterocycles. The van der Waals surface area contributed by atoms with Gasteiger partial charge in [-0.15, -0.1) is 0 Å². The summed E-state index contributed by atoms with van der Waals surface area (Å²) >= 11 is 5.56. The van der Waals surface area contributed by atoms with Gasteiger partial charge >= 0.3 is 6.18 Å². The van der Waals surface area contributed by atoms with Crippen molar-refractivity contribution in [2.45, 2.75) is 13.1 Å². The zero-order valence-electron chi connectivity index (χ0n) is 10.3. The van der Waals surface area contributed by atoms with Gasteiger partial charge in [0.1, 0.15) is 5.75 Å². The van der Waals surface area contributed by atoms with Crippen molar-refractivity contribution in [2.24, 2.45) is 10.7 Å². The molecule has 1 rings (SSSR count). The Morgan fingerprint density at radius 3 is 2.53 bits per heavy atom. The maximum Gasteiger partial charge on any atom is 0.420 e. The summed E-state index contributed by atoms with van der Waals surface area (Å²) in [5, 5.41) is -0.0276. The summed E-state index contributed by atoms with van der Waals surface area (Å²) in [4.78, 5) is 3.71. The highest BCUT2D eigenvalue weighted by Gasteiger charge is 2.35. The third-order valence-electron chi connectivity index (χ3n) is 2.03. The molecule has 0 saturated heterocycles. The Hall–Kier alpha value is -1.69. The average molecular weight is 293 g/mol. The topological polar surface area (TPSA) is 47.6 Å². The van der Waals surface area contributed by atoms with Crippen LogP contribution in [0.25, 0.3) is 0 Å². The second-order valence-corrected chi connectivity index (χ2v) is 4.13. The van der Waals surface area contributed by atoms with Crippen LogP contribution in [0.1, 0.15) is 12.5 Å². The van der Waals surface area contributed by atoms with E-state index < -0.39 is 11.7 Å². The van der Waals surface area contributed by atoms with Crippen LogP contribution in [0.2, 0.25) is 5.02 Å². The number of hydrogen-bond acceptors (Lipinski definition) is 3. The Balaban J connectivity index is 3.18. The predicted octanol–water partition coefficient (Wildman–Crippen LogP) is 3.63. The first kappa shape index (κ1) is 15.4. The van der Waals surface area contributed by atoms with Gasteiger partial charge < -0.3 is 10.5 Å². The summed E-state index contributed by atoms with van der Waals surface area (Å²) in [5.74, 6) is -0.400. The van der Waals surface area contributed by atoms with Gasteiger partial charge in [-0.2, -0.15) is 13.2 Å². The molecule has 1 aromatic rings. The summed E-state index contributed by atoms with van der Waals surface area (Å²) in [5.41, 5.74) is 4.82. The molecule has 0 amide bonds. The molecule has 2 N–H and O–H groups in total. The molecule has 0 aliphatic rings. The fraction of sp³-hybridized carbons (Fsp3) is 0.250. The van der Waals surface area contributed by atoms with Crippen LogP contribution in [0, 0.1) is 0 Å². The Labute approximate surface area is 113 Å². The number of halogens is 4. The van der Waals surface area contributed by atoms with Crippen LogP contribution in [0.5, 0.6) is 5.75 Å². The first-order valence-electron chi connectivity index (χ1n) is 5.19. The molecule has 19 heavy (non-hydrogen) atoms. The van der Waals surface area contributed by atoms with Gasteiger partial charge in [0.15, 0.2) is 0 Å². The average Bonchev–Trinajstić information content (AvgIpc) is 2.28. The molecular formula is C12H12ClF3N2O. The van der Waals surface area contributed by atoms with Crippen molar-refractivity contribution in [1.29, 1.82) is 0 Å². The molecular weight excluding hydrogens is 281 g/mol. The van der Waals surface area contributed by atoms with Crippen molar-refractivity contribution in [1.82, 2.24) is 0 Å². The highest BCUT2D eigenvalue weighted by molar-refractivity contribution is 6.30. The lowest BCUT2D eigenvalue weighted by molar-refractivity contribution is -0.138. The minimum atomic E-state index is -4.57. The number of benzene rings is 1. The number of ether oxygens (including phenoxy) is 1. The Kier molecular flexibility index (Phi) is 4.83. The summed E-state index contributed by atoms with van der Waals surface area (Å²) in [6, 6.07) is 3.23. The maximum absolute atomic E-state index is 12.8. The molecule has 104 valence electrons. The van der Waals surface area contributed by atoms with Crippen molar-refractivity contribution >= 4 is 17.5 Å². The molecule has 0 radical (unpaired) electrons. The van der Waals surface area contributed by atoms with Crippen molar-refractivity contribution in [2.75, 3.05) is 7.05 Å². The van der Waals surface area contributed by atoms with Crippen molar-refractivity contribution in [3.63, 3.8) is 0 Å². The van der Waals surface area contributed by atoms with E-state index in [4.69, 9.17) is 22.1 Å². The first-order chi connectivity index (χ1) is 8.74. The zero-order valence-corrected chi connectivity index (χ0v) is 11.0. The number of hydrogen-bond donors (Lipinski definition) is 1. The summed E-state index contributed by atoms with van der Waals surface area (Å²) in [6.07, 6.45) is -3.24. The Bertz CT molecular complexity index is 520. The molecule has 1 aromatic carbocycles. The SMILES string of the molecule is CN=C(/C=C(/C)N)Oc1ccc(Cl)cc1C(F)(F)F. The predicted molar refractivity (Wildman–Crippen MR) is 68.4 cm³/mol. The van der Waals surface area contributed by atoms with Gasteiger partial charge in [0.05, 0.1) is 5.56 Å². The van der Waals surface area contributed by atoms with Crippen LogP contribution in [0.4, 0.5) is 13.2 Å². The largest absolute Gasteiger partial charge is 0.439 e. The van der Waals surface area contributed by atoms with Crippen molar-refractivity contribution < 1.29 is 17.9 Å². The summed E-state index contributed by atoms with van der Waals surface area (Å²) in [6.45, 7) is 1.57. The standard InChI is InChI=1S/C12H12ClF3N2O/c1-7(17)5-11(18-2)19-10-4-3-8(13)6-9(10)12(14,15)16/h3-6H,17H2,1-2H3/b7-5-,18-11?. The minimum Gasteiger partial charge on any atom is -0.439 e. The molecule has 0 aliphatic carbocycles. The zero-order chi connectivity index (χ0) is 14.6. The molecule has 0 aromatic heterocycles. The van der Waals surface area contributed by atoms with E-state index in [9.17, 15) is 13.2 Å². The van der Waals surface area contributed by atoms with Gasteiger partial charge in [-0.3, -0.25) is 4.99 Å². The summed E-state index contributed by atoms with van der Waals surface area (Å²) < 4.78 is 43.6. The second-order valence-electron chi connectivity index (χ2n) is 3.69. The molecule has 0 spiro atoms. The first-order valence-corrected chi connectivity index (χ1v) is 5.57. The molecule has 3 nitrogen and oxygen atoms in total. The van der Waals surface area contributed by atoms with Crippen molar-refractivity contribution in [3.8, 4) is 5.75 Å². The van der Waals surface area contributed by atoms with Crippen LogP contribution >= 0.6 is 11.6 Å². The van der Waals surface area contributed by atoms with E-state index in [0.29, 0.717) is 5.70 Å². The van der Waals surface area contributed by atoms with E-state index in [-0.39, 0.29) is 16.7 Å². The molecule has 0 atom stereocenters. The fourth-order valence-electron chi connectivity index (χ4n) is 1.26. The molecule has 0 fully saturated rings.